The SMILES string of the molecule is CS(=O)(=O)CCn1c(=S)[nH]c2cc(I)ccc21. The summed E-state index contributed by atoms with van der Waals surface area (Å²) in [4.78, 5) is 3.08. The summed E-state index contributed by atoms with van der Waals surface area (Å²) < 4.78 is 25.8. The highest BCUT2D eigenvalue weighted by Gasteiger charge is 2.08. The molecule has 7 heteroatoms. The van der Waals surface area contributed by atoms with Crippen molar-refractivity contribution in [2.45, 2.75) is 6.54 Å². The number of nitrogens with zero attached hydrogens (tertiary/aromatic N) is 1. The average molecular weight is 382 g/mol. The van der Waals surface area contributed by atoms with E-state index in [0.29, 0.717) is 11.3 Å². The Bertz CT molecular complexity index is 715. The number of benzene rings is 1. The number of H-pyrrole nitrogens is 1. The third kappa shape index (κ3) is 3.08. The van der Waals surface area contributed by atoms with E-state index in [-0.39, 0.29) is 5.75 Å². The summed E-state index contributed by atoms with van der Waals surface area (Å²) in [5.41, 5.74) is 1.88. The highest BCUT2D eigenvalue weighted by Crippen LogP contribution is 2.17. The van der Waals surface area contributed by atoms with Gasteiger partial charge in [-0.3, -0.25) is 0 Å². The Morgan fingerprint density at radius 2 is 2.18 bits per heavy atom. The van der Waals surface area contributed by atoms with Crippen LogP contribution in [-0.4, -0.2) is 30.0 Å². The van der Waals surface area contributed by atoms with E-state index in [1.807, 2.05) is 22.8 Å². The quantitative estimate of drug-likeness (QED) is 0.655. The molecule has 92 valence electrons. The summed E-state index contributed by atoms with van der Waals surface area (Å²) >= 11 is 7.42. The molecule has 1 N–H and O–H groups in total. The smallest absolute Gasteiger partial charge is 0.178 e. The minimum Gasteiger partial charge on any atom is -0.331 e. The highest BCUT2D eigenvalue weighted by molar-refractivity contribution is 14.1. The molecule has 0 aliphatic rings. The van der Waals surface area contributed by atoms with E-state index in [4.69, 9.17) is 12.2 Å². The Balaban J connectivity index is 2.47. The molecule has 2 rings (SSSR count). The van der Waals surface area contributed by atoms with E-state index in [2.05, 4.69) is 27.6 Å². The van der Waals surface area contributed by atoms with Crippen molar-refractivity contribution in [1.82, 2.24) is 9.55 Å². The van der Waals surface area contributed by atoms with Crippen LogP contribution in [0.1, 0.15) is 0 Å². The van der Waals surface area contributed by atoms with E-state index in [1.165, 1.54) is 6.26 Å². The summed E-state index contributed by atoms with van der Waals surface area (Å²) in [5.74, 6) is 0.0975. The van der Waals surface area contributed by atoms with Crippen LogP contribution in [-0.2, 0) is 16.4 Å². The fourth-order valence-corrected chi connectivity index (χ4v) is 2.92. The third-order valence-corrected chi connectivity index (χ3v) is 4.34. The number of hydrogen-bond acceptors (Lipinski definition) is 3. The zero-order valence-electron chi connectivity index (χ0n) is 9.10. The van der Waals surface area contributed by atoms with Crippen LogP contribution in [0.15, 0.2) is 18.2 Å². The molecule has 4 nitrogen and oxygen atoms in total. The number of sulfone groups is 1. The number of nitrogens with one attached hydrogen (secondary N) is 1. The molecule has 0 unspecified atom stereocenters. The van der Waals surface area contributed by atoms with Gasteiger partial charge in [-0.15, -0.1) is 0 Å². The van der Waals surface area contributed by atoms with Gasteiger partial charge < -0.3 is 9.55 Å². The predicted molar refractivity (Wildman–Crippen MR) is 79.6 cm³/mol. The molecule has 17 heavy (non-hydrogen) atoms. The molecule has 0 amide bonds. The number of aryl methyl sites for hydroxylation is 1. The molecule has 0 bridgehead atoms. The van der Waals surface area contributed by atoms with Gasteiger partial charge in [-0.1, -0.05) is 0 Å². The van der Waals surface area contributed by atoms with Crippen molar-refractivity contribution < 1.29 is 8.42 Å². The lowest BCUT2D eigenvalue weighted by Crippen LogP contribution is -2.11. The number of aromatic amines is 1. The number of halogens is 1. The minimum atomic E-state index is -2.98. The normalized spacial score (nSPS) is 12.1. The topological polar surface area (TPSA) is 54.9 Å². The molecule has 0 aliphatic carbocycles. The van der Waals surface area contributed by atoms with Crippen LogP contribution in [0.25, 0.3) is 11.0 Å². The van der Waals surface area contributed by atoms with Crippen molar-refractivity contribution >= 4 is 55.7 Å². The molecular formula is C10H11IN2O2S2. The molecule has 0 fully saturated rings. The van der Waals surface area contributed by atoms with Crippen LogP contribution in [0.5, 0.6) is 0 Å². The third-order valence-electron chi connectivity index (χ3n) is 2.42. The first-order valence-electron chi connectivity index (χ1n) is 4.92. The van der Waals surface area contributed by atoms with Crippen molar-refractivity contribution in [3.8, 4) is 0 Å². The summed E-state index contributed by atoms with van der Waals surface area (Å²) in [7, 11) is -2.98. The average Bonchev–Trinajstić information content (AvgIpc) is 2.48. The summed E-state index contributed by atoms with van der Waals surface area (Å²) in [6, 6.07) is 5.91. The Hall–Kier alpha value is -0.410. The molecular weight excluding hydrogens is 371 g/mol. The Morgan fingerprint density at radius 3 is 2.82 bits per heavy atom. The molecule has 1 aromatic heterocycles. The van der Waals surface area contributed by atoms with Gasteiger partial charge in [0, 0.05) is 16.4 Å². The van der Waals surface area contributed by atoms with E-state index in [9.17, 15) is 8.42 Å². The largest absolute Gasteiger partial charge is 0.331 e. The zero-order valence-corrected chi connectivity index (χ0v) is 12.9. The summed E-state index contributed by atoms with van der Waals surface area (Å²) in [6.07, 6.45) is 1.23. The molecule has 0 atom stereocenters. The van der Waals surface area contributed by atoms with Crippen LogP contribution >= 0.6 is 34.8 Å². The predicted octanol–water partition coefficient (Wildman–Crippen LogP) is 2.35. The number of rotatable bonds is 3. The van der Waals surface area contributed by atoms with Gasteiger partial charge in [0.25, 0.3) is 0 Å². The second kappa shape index (κ2) is 4.69. The number of fused-ring (bicyclic) bond motifs is 1. The number of hydrogen-bond donors (Lipinski definition) is 1. The van der Waals surface area contributed by atoms with Crippen LogP contribution < -0.4 is 0 Å². The molecule has 0 spiro atoms. The van der Waals surface area contributed by atoms with Crippen molar-refractivity contribution in [2.75, 3.05) is 12.0 Å². The van der Waals surface area contributed by atoms with Crippen molar-refractivity contribution in [1.29, 1.82) is 0 Å². The van der Waals surface area contributed by atoms with Crippen LogP contribution in [0.4, 0.5) is 0 Å². The Labute approximate surface area is 118 Å². The van der Waals surface area contributed by atoms with Crippen LogP contribution in [0.3, 0.4) is 0 Å². The maximum atomic E-state index is 11.2. The second-order valence-corrected chi connectivity index (χ2v) is 7.77. The van der Waals surface area contributed by atoms with Crippen molar-refractivity contribution in [3.05, 3.63) is 26.5 Å². The van der Waals surface area contributed by atoms with Gasteiger partial charge in [0.15, 0.2) is 4.77 Å². The lowest BCUT2D eigenvalue weighted by Gasteiger charge is -2.03. The fraction of sp³-hybridized carbons (Fsp3) is 0.300. The van der Waals surface area contributed by atoms with E-state index in [1.54, 1.807) is 0 Å². The standard InChI is InChI=1S/C10H11IN2O2S2/c1-17(14,15)5-4-13-9-3-2-7(11)6-8(9)12-10(13)16/h2-3,6H,4-5H2,1H3,(H,12,16). The maximum Gasteiger partial charge on any atom is 0.178 e. The fourth-order valence-electron chi connectivity index (χ4n) is 1.61. The Morgan fingerprint density at radius 1 is 1.47 bits per heavy atom. The van der Waals surface area contributed by atoms with Gasteiger partial charge in [0.05, 0.1) is 16.8 Å². The lowest BCUT2D eigenvalue weighted by molar-refractivity contribution is 0.595. The molecule has 1 heterocycles. The summed E-state index contributed by atoms with van der Waals surface area (Å²) in [5, 5.41) is 0. The highest BCUT2D eigenvalue weighted by atomic mass is 127. The summed E-state index contributed by atoms with van der Waals surface area (Å²) in [6.45, 7) is 0.387. The molecule has 0 aliphatic heterocycles. The van der Waals surface area contributed by atoms with Crippen molar-refractivity contribution in [2.24, 2.45) is 0 Å². The van der Waals surface area contributed by atoms with Gasteiger partial charge >= 0.3 is 0 Å². The first-order chi connectivity index (χ1) is 7.87. The van der Waals surface area contributed by atoms with Gasteiger partial charge in [-0.2, -0.15) is 0 Å². The second-order valence-electron chi connectivity index (χ2n) is 3.87. The molecule has 0 radical (unpaired) electrons. The van der Waals surface area contributed by atoms with E-state index in [0.717, 1.165) is 14.6 Å². The number of aromatic nitrogens is 2. The van der Waals surface area contributed by atoms with Gasteiger partial charge in [-0.25, -0.2) is 8.42 Å². The van der Waals surface area contributed by atoms with Gasteiger partial charge in [-0.05, 0) is 53.0 Å². The number of imidazole rings is 1. The molecule has 0 saturated carbocycles. The molecule has 1 aromatic carbocycles. The van der Waals surface area contributed by atoms with Crippen LogP contribution in [0.2, 0.25) is 0 Å². The van der Waals surface area contributed by atoms with E-state index < -0.39 is 9.84 Å². The van der Waals surface area contributed by atoms with Crippen molar-refractivity contribution in [3.63, 3.8) is 0 Å². The van der Waals surface area contributed by atoms with Gasteiger partial charge in [0.1, 0.15) is 9.84 Å². The first-order valence-corrected chi connectivity index (χ1v) is 8.47. The van der Waals surface area contributed by atoms with Gasteiger partial charge in [0.2, 0.25) is 0 Å². The zero-order chi connectivity index (χ0) is 12.6. The molecule has 2 aromatic rings. The molecule has 0 saturated heterocycles. The Kier molecular flexibility index (Phi) is 3.60. The lowest BCUT2D eigenvalue weighted by atomic mass is 10.3. The monoisotopic (exact) mass is 382 g/mol. The minimum absolute atomic E-state index is 0.0975. The first kappa shape index (κ1) is 13.0. The van der Waals surface area contributed by atoms with Crippen LogP contribution in [0, 0.1) is 8.34 Å². The maximum absolute atomic E-state index is 11.2. The van der Waals surface area contributed by atoms with E-state index >= 15 is 0 Å².